The zero-order valence-electron chi connectivity index (χ0n) is 9.35. The second-order valence-electron chi connectivity index (χ2n) is 3.69. The van der Waals surface area contributed by atoms with Crippen molar-refractivity contribution < 1.29 is 4.92 Å². The smallest absolute Gasteiger partial charge is 0.273 e. The van der Waals surface area contributed by atoms with Crippen LogP contribution in [0.3, 0.4) is 0 Å². The van der Waals surface area contributed by atoms with Crippen molar-refractivity contribution in [2.45, 2.75) is 13.8 Å². The molecule has 2 rings (SSSR count). The van der Waals surface area contributed by atoms with Gasteiger partial charge >= 0.3 is 0 Å². The van der Waals surface area contributed by atoms with Gasteiger partial charge in [0.1, 0.15) is 5.82 Å². The van der Waals surface area contributed by atoms with Gasteiger partial charge in [-0.2, -0.15) is 0 Å². The monoisotopic (exact) mass is 295 g/mol. The Morgan fingerprint density at radius 1 is 1.41 bits per heavy atom. The molecule has 0 radical (unpaired) electrons. The van der Waals surface area contributed by atoms with Crippen molar-refractivity contribution in [2.24, 2.45) is 0 Å². The maximum Gasteiger partial charge on any atom is 0.273 e. The molecule has 0 saturated carbocycles. The van der Waals surface area contributed by atoms with Crippen molar-refractivity contribution in [3.05, 3.63) is 50.5 Å². The zero-order valence-corrected chi connectivity index (χ0v) is 10.9. The van der Waals surface area contributed by atoms with Gasteiger partial charge < -0.3 is 4.57 Å². The summed E-state index contributed by atoms with van der Waals surface area (Å²) in [7, 11) is 0. The van der Waals surface area contributed by atoms with Crippen LogP contribution in [0.15, 0.2) is 29.0 Å². The third-order valence-corrected chi connectivity index (χ3v) is 3.18. The first kappa shape index (κ1) is 11.8. The number of nitro groups is 1. The predicted molar refractivity (Wildman–Crippen MR) is 67.4 cm³/mol. The molecular formula is C11H10BrN3O2. The zero-order chi connectivity index (χ0) is 12.6. The second kappa shape index (κ2) is 4.29. The van der Waals surface area contributed by atoms with Gasteiger partial charge in [-0.25, -0.2) is 4.98 Å². The molecule has 0 spiro atoms. The van der Waals surface area contributed by atoms with Gasteiger partial charge in [-0.1, -0.05) is 0 Å². The lowest BCUT2D eigenvalue weighted by atomic mass is 10.2. The van der Waals surface area contributed by atoms with Crippen molar-refractivity contribution >= 4 is 21.6 Å². The van der Waals surface area contributed by atoms with Gasteiger partial charge in [-0.3, -0.25) is 10.1 Å². The third-order valence-electron chi connectivity index (χ3n) is 2.55. The number of rotatable bonds is 2. The molecule has 6 heteroatoms. The molecule has 0 saturated heterocycles. The molecule has 5 nitrogen and oxygen atoms in total. The van der Waals surface area contributed by atoms with E-state index in [1.165, 1.54) is 6.07 Å². The number of hydrogen-bond donors (Lipinski definition) is 0. The fraction of sp³-hybridized carbons (Fsp3) is 0.182. The van der Waals surface area contributed by atoms with Gasteiger partial charge in [-0.15, -0.1) is 0 Å². The summed E-state index contributed by atoms with van der Waals surface area (Å²) in [4.78, 5) is 14.5. The number of benzene rings is 1. The Morgan fingerprint density at radius 2 is 2.12 bits per heavy atom. The van der Waals surface area contributed by atoms with Gasteiger partial charge in [0.25, 0.3) is 5.69 Å². The first-order chi connectivity index (χ1) is 8.00. The van der Waals surface area contributed by atoms with Crippen LogP contribution in [0.5, 0.6) is 0 Å². The maximum atomic E-state index is 10.8. The lowest BCUT2D eigenvalue weighted by Crippen LogP contribution is -2.00. The largest absolute Gasteiger partial charge is 0.303 e. The molecule has 2 aromatic rings. The van der Waals surface area contributed by atoms with Gasteiger partial charge in [-0.05, 0) is 35.8 Å². The van der Waals surface area contributed by atoms with E-state index in [-0.39, 0.29) is 10.6 Å². The van der Waals surface area contributed by atoms with Gasteiger partial charge in [0.05, 0.1) is 10.6 Å². The molecule has 0 fully saturated rings. The molecular weight excluding hydrogens is 286 g/mol. The highest BCUT2D eigenvalue weighted by Gasteiger charge is 2.15. The van der Waals surface area contributed by atoms with Crippen LogP contribution in [-0.2, 0) is 0 Å². The molecule has 1 heterocycles. The minimum atomic E-state index is -0.384. The molecule has 17 heavy (non-hydrogen) atoms. The van der Waals surface area contributed by atoms with Crippen LogP contribution in [0.1, 0.15) is 11.4 Å². The van der Waals surface area contributed by atoms with Crippen LogP contribution < -0.4 is 0 Å². The summed E-state index contributed by atoms with van der Waals surface area (Å²) < 4.78 is 2.55. The Hall–Kier alpha value is -1.69. The SMILES string of the molecule is Cc1cc(-n2ccnc2C)c(Br)cc1[N+](=O)[O-]. The van der Waals surface area contributed by atoms with Crippen LogP contribution in [0.25, 0.3) is 5.69 Å². The average Bonchev–Trinajstić information content (AvgIpc) is 2.67. The second-order valence-corrected chi connectivity index (χ2v) is 4.55. The number of aromatic nitrogens is 2. The van der Waals surface area contributed by atoms with Crippen molar-refractivity contribution in [2.75, 3.05) is 0 Å². The number of nitro benzene ring substituents is 1. The highest BCUT2D eigenvalue weighted by Crippen LogP contribution is 2.29. The summed E-state index contributed by atoms with van der Waals surface area (Å²) in [5.41, 5.74) is 1.59. The molecule has 0 aliphatic carbocycles. The van der Waals surface area contributed by atoms with Gasteiger partial charge in [0, 0.05) is 28.5 Å². The molecule has 0 atom stereocenters. The molecule has 1 aromatic carbocycles. The number of aryl methyl sites for hydroxylation is 2. The molecule has 0 amide bonds. The Balaban J connectivity index is 2.62. The topological polar surface area (TPSA) is 61.0 Å². The van der Waals surface area contributed by atoms with Crippen molar-refractivity contribution in [1.82, 2.24) is 9.55 Å². The summed E-state index contributed by atoms with van der Waals surface area (Å²) in [5, 5.41) is 10.8. The quantitative estimate of drug-likeness (QED) is 0.631. The Labute approximate surface area is 106 Å². The fourth-order valence-electron chi connectivity index (χ4n) is 1.67. The standard InChI is InChI=1S/C11H10BrN3O2/c1-7-5-11(14-4-3-13-8(14)2)9(12)6-10(7)15(16)17/h3-6H,1-2H3. The summed E-state index contributed by atoms with van der Waals surface area (Å²) in [6.45, 7) is 3.60. The van der Waals surface area contributed by atoms with E-state index in [2.05, 4.69) is 20.9 Å². The normalized spacial score (nSPS) is 10.5. The van der Waals surface area contributed by atoms with E-state index in [4.69, 9.17) is 0 Å². The molecule has 0 aliphatic heterocycles. The Morgan fingerprint density at radius 3 is 2.65 bits per heavy atom. The minimum Gasteiger partial charge on any atom is -0.303 e. The maximum absolute atomic E-state index is 10.8. The Bertz CT molecular complexity index is 592. The number of imidazole rings is 1. The van der Waals surface area contributed by atoms with Crippen LogP contribution in [0, 0.1) is 24.0 Å². The van der Waals surface area contributed by atoms with Crippen LogP contribution >= 0.6 is 15.9 Å². The van der Waals surface area contributed by atoms with Crippen molar-refractivity contribution in [3.8, 4) is 5.69 Å². The number of nitrogens with zero attached hydrogens (tertiary/aromatic N) is 3. The van der Waals surface area contributed by atoms with Crippen LogP contribution in [0.4, 0.5) is 5.69 Å². The third kappa shape index (κ3) is 2.08. The van der Waals surface area contributed by atoms with E-state index >= 15 is 0 Å². The van der Waals surface area contributed by atoms with E-state index in [1.54, 1.807) is 19.2 Å². The predicted octanol–water partition coefficient (Wildman–Crippen LogP) is 3.16. The lowest BCUT2D eigenvalue weighted by Gasteiger charge is -2.09. The van der Waals surface area contributed by atoms with E-state index in [1.807, 2.05) is 17.7 Å². The van der Waals surface area contributed by atoms with Crippen LogP contribution in [-0.4, -0.2) is 14.5 Å². The summed E-state index contributed by atoms with van der Waals surface area (Å²) >= 11 is 3.35. The molecule has 88 valence electrons. The summed E-state index contributed by atoms with van der Waals surface area (Å²) in [6.07, 6.45) is 3.51. The van der Waals surface area contributed by atoms with Gasteiger partial charge in [0.2, 0.25) is 0 Å². The van der Waals surface area contributed by atoms with Crippen molar-refractivity contribution in [3.63, 3.8) is 0 Å². The van der Waals surface area contributed by atoms with Crippen molar-refractivity contribution in [1.29, 1.82) is 0 Å². The highest BCUT2D eigenvalue weighted by molar-refractivity contribution is 9.10. The minimum absolute atomic E-state index is 0.110. The van der Waals surface area contributed by atoms with Crippen LogP contribution in [0.2, 0.25) is 0 Å². The molecule has 0 aliphatic rings. The molecule has 0 N–H and O–H groups in total. The van der Waals surface area contributed by atoms with E-state index in [9.17, 15) is 10.1 Å². The molecule has 0 bridgehead atoms. The lowest BCUT2D eigenvalue weighted by molar-refractivity contribution is -0.385. The van der Waals surface area contributed by atoms with Gasteiger partial charge in [0.15, 0.2) is 0 Å². The summed E-state index contributed by atoms with van der Waals surface area (Å²) in [5.74, 6) is 0.832. The molecule has 0 unspecified atom stereocenters. The van der Waals surface area contributed by atoms with E-state index in [0.717, 1.165) is 11.5 Å². The highest BCUT2D eigenvalue weighted by atomic mass is 79.9. The summed E-state index contributed by atoms with van der Waals surface area (Å²) in [6, 6.07) is 3.29. The number of hydrogen-bond acceptors (Lipinski definition) is 3. The number of halogens is 1. The molecule has 1 aromatic heterocycles. The van der Waals surface area contributed by atoms with E-state index < -0.39 is 0 Å². The Kier molecular flexibility index (Phi) is 2.97. The first-order valence-electron chi connectivity index (χ1n) is 4.95. The fourth-order valence-corrected chi connectivity index (χ4v) is 2.19. The van der Waals surface area contributed by atoms with E-state index in [0.29, 0.717) is 10.0 Å². The first-order valence-corrected chi connectivity index (χ1v) is 5.75. The average molecular weight is 296 g/mol.